The van der Waals surface area contributed by atoms with E-state index in [9.17, 15) is 4.79 Å². The summed E-state index contributed by atoms with van der Waals surface area (Å²) in [7, 11) is 0. The summed E-state index contributed by atoms with van der Waals surface area (Å²) in [6, 6.07) is 7.46. The lowest BCUT2D eigenvalue weighted by Crippen LogP contribution is -2.38. The molecule has 1 saturated carbocycles. The Bertz CT molecular complexity index is 414. The van der Waals surface area contributed by atoms with Gasteiger partial charge in [0.25, 0.3) is 5.91 Å². The van der Waals surface area contributed by atoms with Crippen LogP contribution in [0, 0.1) is 0 Å². The third kappa shape index (κ3) is 3.42. The average Bonchev–Trinajstić information content (AvgIpc) is 2.39. The van der Waals surface area contributed by atoms with Gasteiger partial charge in [0.1, 0.15) is 0 Å². The number of nitrogen functional groups attached to an aromatic ring is 1. The van der Waals surface area contributed by atoms with E-state index >= 15 is 0 Å². The highest BCUT2D eigenvalue weighted by atomic mass is 32.2. The van der Waals surface area contributed by atoms with E-state index < -0.39 is 0 Å². The normalized spacial score (nSPS) is 23.6. The van der Waals surface area contributed by atoms with Crippen molar-refractivity contribution in [2.75, 3.05) is 12.0 Å². The van der Waals surface area contributed by atoms with Gasteiger partial charge in [0, 0.05) is 22.5 Å². The van der Waals surface area contributed by atoms with Crippen LogP contribution >= 0.6 is 11.8 Å². The van der Waals surface area contributed by atoms with E-state index in [0.29, 0.717) is 17.3 Å². The van der Waals surface area contributed by atoms with Crippen molar-refractivity contribution in [1.82, 2.24) is 5.32 Å². The van der Waals surface area contributed by atoms with Gasteiger partial charge in [-0.2, -0.15) is 11.8 Å². The van der Waals surface area contributed by atoms with E-state index in [1.807, 2.05) is 17.8 Å². The summed E-state index contributed by atoms with van der Waals surface area (Å²) in [5, 5.41) is 3.87. The molecule has 1 aromatic carbocycles. The summed E-state index contributed by atoms with van der Waals surface area (Å²) in [6.07, 6.45) is 6.72. The summed E-state index contributed by atoms with van der Waals surface area (Å²) in [5.41, 5.74) is 6.97. The van der Waals surface area contributed by atoms with Crippen LogP contribution in [-0.4, -0.2) is 23.5 Å². The monoisotopic (exact) mass is 264 g/mol. The van der Waals surface area contributed by atoms with Gasteiger partial charge in [-0.3, -0.25) is 4.79 Å². The summed E-state index contributed by atoms with van der Waals surface area (Å²) in [6.45, 7) is 0. The zero-order valence-corrected chi connectivity index (χ0v) is 11.5. The molecule has 0 aliphatic heterocycles. The first kappa shape index (κ1) is 13.3. The molecule has 4 heteroatoms. The van der Waals surface area contributed by atoms with Gasteiger partial charge in [-0.1, -0.05) is 6.07 Å². The van der Waals surface area contributed by atoms with Crippen LogP contribution < -0.4 is 11.1 Å². The maximum absolute atomic E-state index is 12.0. The lowest BCUT2D eigenvalue weighted by Gasteiger charge is -2.28. The molecule has 0 unspecified atom stereocenters. The number of hydrogen-bond donors (Lipinski definition) is 2. The first-order chi connectivity index (χ1) is 8.69. The van der Waals surface area contributed by atoms with Gasteiger partial charge in [0.2, 0.25) is 0 Å². The molecule has 3 N–H and O–H groups in total. The lowest BCUT2D eigenvalue weighted by molar-refractivity contribution is 0.0928. The molecule has 1 aliphatic carbocycles. The average molecular weight is 264 g/mol. The molecular weight excluding hydrogens is 244 g/mol. The van der Waals surface area contributed by atoms with Crippen LogP contribution in [0.4, 0.5) is 5.69 Å². The molecule has 0 bridgehead atoms. The standard InChI is InChI=1S/C14H20N2OS/c1-18-13-7-5-12(6-8-13)16-14(17)10-3-2-4-11(15)9-10/h2-4,9,12-13H,5-8,15H2,1H3,(H,16,17). The zero-order chi connectivity index (χ0) is 13.0. The lowest BCUT2D eigenvalue weighted by atomic mass is 9.94. The Morgan fingerprint density at radius 2 is 2.06 bits per heavy atom. The fourth-order valence-corrected chi connectivity index (χ4v) is 3.14. The van der Waals surface area contributed by atoms with Crippen LogP contribution in [0.5, 0.6) is 0 Å². The van der Waals surface area contributed by atoms with Crippen LogP contribution in [0.2, 0.25) is 0 Å². The fraction of sp³-hybridized carbons (Fsp3) is 0.500. The Kier molecular flexibility index (Phi) is 4.53. The number of amides is 1. The highest BCUT2D eigenvalue weighted by Crippen LogP contribution is 2.27. The SMILES string of the molecule is CSC1CCC(NC(=O)c2cccc(N)c2)CC1. The summed E-state index contributed by atoms with van der Waals surface area (Å²) < 4.78 is 0. The van der Waals surface area contributed by atoms with Crippen LogP contribution in [0.1, 0.15) is 36.0 Å². The molecule has 1 fully saturated rings. The molecule has 0 saturated heterocycles. The molecule has 0 spiro atoms. The maximum Gasteiger partial charge on any atom is 0.251 e. The molecule has 1 aromatic rings. The third-order valence-electron chi connectivity index (χ3n) is 3.49. The van der Waals surface area contributed by atoms with Crippen molar-refractivity contribution in [3.63, 3.8) is 0 Å². The quantitative estimate of drug-likeness (QED) is 0.825. The molecule has 0 radical (unpaired) electrons. The highest BCUT2D eigenvalue weighted by Gasteiger charge is 2.22. The van der Waals surface area contributed by atoms with Gasteiger partial charge in [-0.15, -0.1) is 0 Å². The molecule has 2 rings (SSSR count). The molecule has 0 atom stereocenters. The number of rotatable bonds is 3. The molecule has 0 heterocycles. The molecule has 3 nitrogen and oxygen atoms in total. The Morgan fingerprint density at radius 1 is 1.33 bits per heavy atom. The maximum atomic E-state index is 12.0. The predicted octanol–water partition coefficient (Wildman–Crippen LogP) is 2.67. The number of benzene rings is 1. The Morgan fingerprint density at radius 3 is 2.67 bits per heavy atom. The number of carbonyl (C=O) groups is 1. The second kappa shape index (κ2) is 6.14. The summed E-state index contributed by atoms with van der Waals surface area (Å²) in [4.78, 5) is 12.0. The molecule has 0 aromatic heterocycles. The van der Waals surface area contributed by atoms with Crippen LogP contribution in [0.3, 0.4) is 0 Å². The second-order valence-corrected chi connectivity index (χ2v) is 5.95. The van der Waals surface area contributed by atoms with Gasteiger partial charge in [0.15, 0.2) is 0 Å². The molecular formula is C14H20N2OS. The smallest absolute Gasteiger partial charge is 0.251 e. The molecule has 1 aliphatic rings. The summed E-state index contributed by atoms with van der Waals surface area (Å²) >= 11 is 1.94. The second-order valence-electron chi connectivity index (χ2n) is 4.81. The van der Waals surface area contributed by atoms with Crippen LogP contribution in [-0.2, 0) is 0 Å². The van der Waals surface area contributed by atoms with Crippen molar-refractivity contribution in [1.29, 1.82) is 0 Å². The minimum absolute atomic E-state index is 0.00472. The van der Waals surface area contributed by atoms with Crippen molar-refractivity contribution in [3.05, 3.63) is 29.8 Å². The summed E-state index contributed by atoms with van der Waals surface area (Å²) in [5.74, 6) is -0.00472. The first-order valence-electron chi connectivity index (χ1n) is 6.38. The van der Waals surface area contributed by atoms with Gasteiger partial charge in [-0.25, -0.2) is 0 Å². The van der Waals surface area contributed by atoms with Crippen LogP contribution in [0.25, 0.3) is 0 Å². The van der Waals surface area contributed by atoms with Crippen molar-refractivity contribution in [2.45, 2.75) is 37.0 Å². The molecule has 1 amide bonds. The van der Waals surface area contributed by atoms with Crippen LogP contribution in [0.15, 0.2) is 24.3 Å². The minimum Gasteiger partial charge on any atom is -0.399 e. The minimum atomic E-state index is -0.00472. The number of carbonyl (C=O) groups excluding carboxylic acids is 1. The van der Waals surface area contributed by atoms with E-state index in [1.165, 1.54) is 12.8 Å². The van der Waals surface area contributed by atoms with Crippen molar-refractivity contribution in [2.24, 2.45) is 0 Å². The number of hydrogen-bond acceptors (Lipinski definition) is 3. The Labute approximate surface area is 113 Å². The van der Waals surface area contributed by atoms with E-state index in [2.05, 4.69) is 11.6 Å². The van der Waals surface area contributed by atoms with E-state index in [-0.39, 0.29) is 5.91 Å². The van der Waals surface area contributed by atoms with Crippen molar-refractivity contribution >= 4 is 23.4 Å². The van der Waals surface area contributed by atoms with Gasteiger partial charge in [-0.05, 0) is 50.1 Å². The number of anilines is 1. The number of thioether (sulfide) groups is 1. The van der Waals surface area contributed by atoms with Gasteiger partial charge < -0.3 is 11.1 Å². The van der Waals surface area contributed by atoms with E-state index in [0.717, 1.165) is 18.1 Å². The fourth-order valence-electron chi connectivity index (χ4n) is 2.39. The Hall–Kier alpha value is -1.16. The number of nitrogens with two attached hydrogens (primary N) is 1. The van der Waals surface area contributed by atoms with Crippen molar-refractivity contribution in [3.8, 4) is 0 Å². The first-order valence-corrected chi connectivity index (χ1v) is 7.67. The third-order valence-corrected chi connectivity index (χ3v) is 4.63. The molecule has 98 valence electrons. The zero-order valence-electron chi connectivity index (χ0n) is 10.7. The highest BCUT2D eigenvalue weighted by molar-refractivity contribution is 7.99. The van der Waals surface area contributed by atoms with E-state index in [1.54, 1.807) is 18.2 Å². The number of nitrogens with one attached hydrogen (secondary N) is 1. The topological polar surface area (TPSA) is 55.1 Å². The predicted molar refractivity (Wildman–Crippen MR) is 77.9 cm³/mol. The largest absolute Gasteiger partial charge is 0.399 e. The van der Waals surface area contributed by atoms with E-state index in [4.69, 9.17) is 5.73 Å². The molecule has 18 heavy (non-hydrogen) atoms. The van der Waals surface area contributed by atoms with Gasteiger partial charge in [0.05, 0.1) is 0 Å². The Balaban J connectivity index is 1.89. The van der Waals surface area contributed by atoms with Crippen molar-refractivity contribution < 1.29 is 4.79 Å². The van der Waals surface area contributed by atoms with Gasteiger partial charge >= 0.3 is 0 Å².